The van der Waals surface area contributed by atoms with Gasteiger partial charge < -0.3 is 19.5 Å². The fraction of sp³-hybridized carbons (Fsp3) is 0.500. The first-order valence-corrected chi connectivity index (χ1v) is 9.44. The van der Waals surface area contributed by atoms with Crippen LogP contribution in [0.2, 0.25) is 0 Å². The number of aliphatic imine (C=N–C) groups is 1. The van der Waals surface area contributed by atoms with E-state index in [0.717, 1.165) is 51.7 Å². The molecule has 6 nitrogen and oxygen atoms in total. The minimum Gasteiger partial charge on any atom is -0.370 e. The molecule has 0 radical (unpaired) electrons. The molecule has 1 aliphatic heterocycles. The number of rotatable bonds is 6. The SMILES string of the molecule is CCNC(=NCCCn1ccnc1)N1CCOC(c2ccccc2C)C1.I. The van der Waals surface area contributed by atoms with Crippen LogP contribution in [-0.4, -0.2) is 53.2 Å². The molecule has 0 spiro atoms. The van der Waals surface area contributed by atoms with Gasteiger partial charge in [0.1, 0.15) is 6.10 Å². The fourth-order valence-electron chi connectivity index (χ4n) is 3.26. The molecule has 1 unspecified atom stereocenters. The number of nitrogens with one attached hydrogen (secondary N) is 1. The number of aryl methyl sites for hydroxylation is 2. The molecular weight excluding hydrogens is 453 g/mol. The summed E-state index contributed by atoms with van der Waals surface area (Å²) in [7, 11) is 0. The van der Waals surface area contributed by atoms with Crippen molar-refractivity contribution in [1.29, 1.82) is 0 Å². The molecule has 1 aromatic heterocycles. The van der Waals surface area contributed by atoms with Gasteiger partial charge >= 0.3 is 0 Å². The lowest BCUT2D eigenvalue weighted by molar-refractivity contribution is -0.00832. The summed E-state index contributed by atoms with van der Waals surface area (Å²) in [5.74, 6) is 0.986. The zero-order valence-electron chi connectivity index (χ0n) is 16.2. The van der Waals surface area contributed by atoms with Crippen molar-refractivity contribution in [3.05, 3.63) is 54.1 Å². The quantitative estimate of drug-likeness (QED) is 0.297. The first-order chi connectivity index (χ1) is 12.8. The van der Waals surface area contributed by atoms with Gasteiger partial charge in [0.2, 0.25) is 0 Å². The van der Waals surface area contributed by atoms with Crippen LogP contribution in [0.4, 0.5) is 0 Å². The second-order valence-electron chi connectivity index (χ2n) is 6.55. The van der Waals surface area contributed by atoms with Crippen LogP contribution < -0.4 is 5.32 Å². The van der Waals surface area contributed by atoms with Gasteiger partial charge in [-0.3, -0.25) is 4.99 Å². The lowest BCUT2D eigenvalue weighted by Crippen LogP contribution is -2.48. The van der Waals surface area contributed by atoms with Gasteiger partial charge in [0.25, 0.3) is 0 Å². The predicted octanol–water partition coefficient (Wildman–Crippen LogP) is 3.24. The van der Waals surface area contributed by atoms with E-state index in [0.29, 0.717) is 0 Å². The van der Waals surface area contributed by atoms with E-state index >= 15 is 0 Å². The summed E-state index contributed by atoms with van der Waals surface area (Å²) in [6.07, 6.45) is 6.75. The molecule has 0 amide bonds. The van der Waals surface area contributed by atoms with Gasteiger partial charge in [-0.1, -0.05) is 24.3 Å². The van der Waals surface area contributed by atoms with Crippen LogP contribution in [0.5, 0.6) is 0 Å². The third-order valence-electron chi connectivity index (χ3n) is 4.63. The van der Waals surface area contributed by atoms with Crippen LogP contribution in [0.3, 0.4) is 0 Å². The Labute approximate surface area is 179 Å². The Morgan fingerprint density at radius 3 is 2.96 bits per heavy atom. The van der Waals surface area contributed by atoms with E-state index in [-0.39, 0.29) is 30.1 Å². The first-order valence-electron chi connectivity index (χ1n) is 9.44. The van der Waals surface area contributed by atoms with E-state index in [1.807, 2.05) is 18.7 Å². The normalized spacial score (nSPS) is 17.5. The van der Waals surface area contributed by atoms with Gasteiger partial charge in [0.05, 0.1) is 19.5 Å². The van der Waals surface area contributed by atoms with Crippen molar-refractivity contribution >= 4 is 29.9 Å². The molecule has 2 aromatic rings. The Morgan fingerprint density at radius 2 is 2.22 bits per heavy atom. The lowest BCUT2D eigenvalue weighted by Gasteiger charge is -2.35. The monoisotopic (exact) mass is 483 g/mol. The Morgan fingerprint density at radius 1 is 1.37 bits per heavy atom. The highest BCUT2D eigenvalue weighted by molar-refractivity contribution is 14.0. The van der Waals surface area contributed by atoms with Gasteiger partial charge in [0.15, 0.2) is 5.96 Å². The van der Waals surface area contributed by atoms with E-state index in [9.17, 15) is 0 Å². The van der Waals surface area contributed by atoms with Crippen molar-refractivity contribution in [3.63, 3.8) is 0 Å². The number of imidazole rings is 1. The smallest absolute Gasteiger partial charge is 0.194 e. The number of morpholine rings is 1. The summed E-state index contributed by atoms with van der Waals surface area (Å²) in [4.78, 5) is 11.2. The third kappa shape index (κ3) is 6.21. The molecule has 148 valence electrons. The van der Waals surface area contributed by atoms with E-state index in [4.69, 9.17) is 9.73 Å². The van der Waals surface area contributed by atoms with Gasteiger partial charge in [-0.05, 0) is 31.4 Å². The maximum atomic E-state index is 6.04. The molecule has 0 saturated carbocycles. The van der Waals surface area contributed by atoms with Crippen LogP contribution in [-0.2, 0) is 11.3 Å². The molecule has 1 saturated heterocycles. The second-order valence-corrected chi connectivity index (χ2v) is 6.55. The average molecular weight is 483 g/mol. The van der Waals surface area contributed by atoms with Crippen molar-refractivity contribution in [2.45, 2.75) is 32.9 Å². The summed E-state index contributed by atoms with van der Waals surface area (Å²) in [5.41, 5.74) is 2.55. The Hall–Kier alpha value is -1.61. The molecule has 1 aliphatic rings. The largest absolute Gasteiger partial charge is 0.370 e. The molecule has 1 aromatic carbocycles. The zero-order valence-corrected chi connectivity index (χ0v) is 18.5. The number of aromatic nitrogens is 2. The van der Waals surface area contributed by atoms with Gasteiger partial charge in [-0.2, -0.15) is 0 Å². The molecule has 7 heteroatoms. The van der Waals surface area contributed by atoms with Gasteiger partial charge in [0, 0.05) is 38.6 Å². The van der Waals surface area contributed by atoms with Crippen molar-refractivity contribution in [1.82, 2.24) is 19.8 Å². The number of guanidine groups is 1. The molecule has 2 heterocycles. The highest BCUT2D eigenvalue weighted by Gasteiger charge is 2.25. The molecule has 1 N–H and O–H groups in total. The van der Waals surface area contributed by atoms with Crippen LogP contribution in [0.25, 0.3) is 0 Å². The fourth-order valence-corrected chi connectivity index (χ4v) is 3.26. The molecule has 1 fully saturated rings. The maximum Gasteiger partial charge on any atom is 0.194 e. The molecule has 1 atom stereocenters. The number of halogens is 1. The summed E-state index contributed by atoms with van der Waals surface area (Å²) in [5, 5.41) is 3.43. The van der Waals surface area contributed by atoms with Crippen molar-refractivity contribution in [3.8, 4) is 0 Å². The standard InChI is InChI=1S/C20H29N5O.HI/c1-3-22-20(23-9-6-11-24-12-10-21-16-24)25-13-14-26-19(15-25)18-8-5-4-7-17(18)2;/h4-5,7-8,10,12,16,19H,3,6,9,11,13-15H2,1-2H3,(H,22,23);1H. The van der Waals surface area contributed by atoms with Crippen LogP contribution in [0, 0.1) is 6.92 Å². The summed E-state index contributed by atoms with van der Waals surface area (Å²) >= 11 is 0. The lowest BCUT2D eigenvalue weighted by atomic mass is 10.0. The third-order valence-corrected chi connectivity index (χ3v) is 4.63. The number of hydrogen-bond donors (Lipinski definition) is 1. The van der Waals surface area contributed by atoms with E-state index in [1.165, 1.54) is 11.1 Å². The molecule has 0 bridgehead atoms. The summed E-state index contributed by atoms with van der Waals surface area (Å²) in [6.45, 7) is 9.29. The number of benzene rings is 1. The molecule has 3 rings (SSSR count). The van der Waals surface area contributed by atoms with Crippen molar-refractivity contribution < 1.29 is 4.74 Å². The number of ether oxygens (including phenoxy) is 1. The highest BCUT2D eigenvalue weighted by Crippen LogP contribution is 2.24. The van der Waals surface area contributed by atoms with Crippen molar-refractivity contribution in [2.75, 3.05) is 32.8 Å². The maximum absolute atomic E-state index is 6.04. The summed E-state index contributed by atoms with van der Waals surface area (Å²) in [6, 6.07) is 8.47. The van der Waals surface area contributed by atoms with Crippen LogP contribution in [0.15, 0.2) is 48.0 Å². The van der Waals surface area contributed by atoms with E-state index in [2.05, 4.69) is 57.9 Å². The molecular formula is C20H30IN5O. The van der Waals surface area contributed by atoms with E-state index in [1.54, 1.807) is 0 Å². The second kappa shape index (κ2) is 11.3. The van der Waals surface area contributed by atoms with Crippen LogP contribution >= 0.6 is 24.0 Å². The highest BCUT2D eigenvalue weighted by atomic mass is 127. The van der Waals surface area contributed by atoms with E-state index < -0.39 is 0 Å². The zero-order chi connectivity index (χ0) is 18.2. The summed E-state index contributed by atoms with van der Waals surface area (Å²) < 4.78 is 8.13. The van der Waals surface area contributed by atoms with Crippen molar-refractivity contribution in [2.24, 2.45) is 4.99 Å². The first kappa shape index (κ1) is 21.7. The van der Waals surface area contributed by atoms with Gasteiger partial charge in [-0.15, -0.1) is 24.0 Å². The predicted molar refractivity (Wildman–Crippen MR) is 120 cm³/mol. The minimum absolute atomic E-state index is 0. The Bertz CT molecular complexity index is 704. The minimum atomic E-state index is 0. The Kier molecular flexibility index (Phi) is 9.06. The van der Waals surface area contributed by atoms with Gasteiger partial charge in [-0.25, -0.2) is 4.98 Å². The number of hydrogen-bond acceptors (Lipinski definition) is 3. The van der Waals surface area contributed by atoms with Crippen LogP contribution in [0.1, 0.15) is 30.6 Å². The molecule has 0 aliphatic carbocycles. The number of nitrogens with zero attached hydrogens (tertiary/aromatic N) is 4. The topological polar surface area (TPSA) is 54.7 Å². The molecule has 27 heavy (non-hydrogen) atoms. The average Bonchev–Trinajstić information content (AvgIpc) is 3.18. The Balaban J connectivity index is 0.00000261.